The smallest absolute Gasteiger partial charge is 0.0214 e. The Morgan fingerprint density at radius 1 is 1.42 bits per heavy atom. The third kappa shape index (κ3) is 6.21. The molecule has 0 aromatic heterocycles. The van der Waals surface area contributed by atoms with Crippen LogP contribution in [0.2, 0.25) is 0 Å². The molecule has 0 saturated carbocycles. The lowest BCUT2D eigenvalue weighted by Crippen LogP contribution is -2.35. The van der Waals surface area contributed by atoms with E-state index < -0.39 is 0 Å². The van der Waals surface area contributed by atoms with Crippen molar-refractivity contribution < 1.29 is 0 Å². The van der Waals surface area contributed by atoms with Crippen molar-refractivity contribution in [2.45, 2.75) is 26.3 Å². The van der Waals surface area contributed by atoms with Gasteiger partial charge in [-0.1, -0.05) is 0 Å². The Morgan fingerprint density at radius 3 is 2.58 bits per heavy atom. The van der Waals surface area contributed by atoms with Crippen LogP contribution in [0.1, 0.15) is 20.3 Å². The molecule has 12 heavy (non-hydrogen) atoms. The summed E-state index contributed by atoms with van der Waals surface area (Å²) < 4.78 is 0. The van der Waals surface area contributed by atoms with Crippen molar-refractivity contribution in [1.29, 1.82) is 0 Å². The molecule has 0 aliphatic heterocycles. The highest BCUT2D eigenvalue weighted by molar-refractivity contribution is 4.95. The zero-order chi connectivity index (χ0) is 9.40. The molecule has 2 heteroatoms. The molecule has 0 rings (SSSR count). The monoisotopic (exact) mass is 168 g/mol. The second-order valence-electron chi connectivity index (χ2n) is 3.19. The zero-order valence-corrected chi connectivity index (χ0v) is 8.65. The molecule has 0 bridgehead atoms. The molecule has 0 saturated heterocycles. The molecule has 0 aromatic carbocycles. The summed E-state index contributed by atoms with van der Waals surface area (Å²) in [5, 5.41) is 3.36. The molecular formula is C10H20N2. The summed E-state index contributed by atoms with van der Waals surface area (Å²) in [6.45, 7) is 6.12. The lowest BCUT2D eigenvalue weighted by Gasteiger charge is -2.19. The Bertz CT molecular complexity index is 153. The van der Waals surface area contributed by atoms with Crippen LogP contribution in [0.4, 0.5) is 0 Å². The molecule has 0 aliphatic carbocycles. The topological polar surface area (TPSA) is 15.3 Å². The molecule has 1 N–H and O–H groups in total. The fraction of sp³-hybridized carbons (Fsp3) is 0.800. The van der Waals surface area contributed by atoms with E-state index in [1.807, 2.05) is 6.92 Å². The van der Waals surface area contributed by atoms with Crippen molar-refractivity contribution >= 4 is 0 Å². The van der Waals surface area contributed by atoms with E-state index in [1.165, 1.54) is 0 Å². The highest BCUT2D eigenvalue weighted by Crippen LogP contribution is 1.87. The van der Waals surface area contributed by atoms with E-state index >= 15 is 0 Å². The third-order valence-electron chi connectivity index (χ3n) is 1.92. The number of nitrogens with one attached hydrogen (secondary N) is 1. The maximum absolute atomic E-state index is 3.36. The third-order valence-corrected chi connectivity index (χ3v) is 1.92. The highest BCUT2D eigenvalue weighted by atomic mass is 15.1. The number of hydrogen-bond acceptors (Lipinski definition) is 2. The maximum atomic E-state index is 3.36. The molecule has 0 fully saturated rings. The molecule has 0 aliphatic rings. The van der Waals surface area contributed by atoms with Gasteiger partial charge in [-0.3, -0.25) is 0 Å². The first-order valence-electron chi connectivity index (χ1n) is 4.45. The van der Waals surface area contributed by atoms with E-state index in [-0.39, 0.29) is 0 Å². The Hall–Kier alpha value is -0.520. The van der Waals surface area contributed by atoms with Crippen molar-refractivity contribution in [3.8, 4) is 11.8 Å². The normalized spacial score (nSPS) is 12.4. The van der Waals surface area contributed by atoms with Crippen LogP contribution < -0.4 is 5.32 Å². The van der Waals surface area contributed by atoms with Gasteiger partial charge in [-0.2, -0.15) is 0 Å². The number of rotatable bonds is 5. The first-order chi connectivity index (χ1) is 5.68. The van der Waals surface area contributed by atoms with Gasteiger partial charge in [-0.15, -0.1) is 11.8 Å². The van der Waals surface area contributed by atoms with Crippen LogP contribution in [0.3, 0.4) is 0 Å². The standard InChI is InChI=1S/C10H20N2/c1-5-6-7-8-11-9-10(2)12(3)4/h10-11H,7-9H2,1-4H3. The number of likely N-dealkylation sites (N-methyl/N-ethyl adjacent to an activating group) is 1. The van der Waals surface area contributed by atoms with Crippen molar-refractivity contribution in [1.82, 2.24) is 10.2 Å². The SMILES string of the molecule is CC#CCCNCC(C)N(C)C. The molecule has 0 aromatic rings. The second kappa shape index (κ2) is 7.15. The summed E-state index contributed by atoms with van der Waals surface area (Å²) in [6, 6.07) is 0.597. The van der Waals surface area contributed by atoms with Gasteiger partial charge in [-0.05, 0) is 27.9 Å². The first-order valence-corrected chi connectivity index (χ1v) is 4.45. The number of hydrogen-bond donors (Lipinski definition) is 1. The predicted octanol–water partition coefficient (Wildman–Crippen LogP) is 0.940. The Kier molecular flexibility index (Phi) is 6.84. The average molecular weight is 168 g/mol. The summed E-state index contributed by atoms with van der Waals surface area (Å²) in [5.74, 6) is 5.90. The highest BCUT2D eigenvalue weighted by Gasteiger charge is 2.01. The van der Waals surface area contributed by atoms with E-state index in [0.717, 1.165) is 19.5 Å². The fourth-order valence-electron chi connectivity index (χ4n) is 0.769. The maximum Gasteiger partial charge on any atom is 0.0214 e. The quantitative estimate of drug-likeness (QED) is 0.485. The summed E-state index contributed by atoms with van der Waals surface area (Å²) in [6.07, 6.45) is 0.955. The van der Waals surface area contributed by atoms with Crippen molar-refractivity contribution in [3.63, 3.8) is 0 Å². The van der Waals surface area contributed by atoms with Crippen LogP contribution in [-0.2, 0) is 0 Å². The molecule has 1 atom stereocenters. The van der Waals surface area contributed by atoms with E-state index in [0.29, 0.717) is 6.04 Å². The molecule has 0 radical (unpaired) electrons. The minimum absolute atomic E-state index is 0.597. The summed E-state index contributed by atoms with van der Waals surface area (Å²) >= 11 is 0. The molecular weight excluding hydrogens is 148 g/mol. The Balaban J connectivity index is 3.23. The van der Waals surface area contributed by atoms with E-state index in [4.69, 9.17) is 0 Å². The summed E-state index contributed by atoms with van der Waals surface area (Å²) in [4.78, 5) is 2.21. The average Bonchev–Trinajstić information content (AvgIpc) is 2.03. The van der Waals surface area contributed by atoms with Crippen LogP contribution in [-0.4, -0.2) is 38.1 Å². The summed E-state index contributed by atoms with van der Waals surface area (Å²) in [5.41, 5.74) is 0. The van der Waals surface area contributed by atoms with E-state index in [9.17, 15) is 0 Å². The molecule has 70 valence electrons. The van der Waals surface area contributed by atoms with E-state index in [2.05, 4.69) is 43.1 Å². The van der Waals surface area contributed by atoms with Gasteiger partial charge in [0.15, 0.2) is 0 Å². The van der Waals surface area contributed by atoms with Gasteiger partial charge in [0.05, 0.1) is 0 Å². The van der Waals surface area contributed by atoms with Crippen LogP contribution in [0, 0.1) is 11.8 Å². The predicted molar refractivity (Wildman–Crippen MR) is 54.1 cm³/mol. The Morgan fingerprint density at radius 2 is 2.08 bits per heavy atom. The molecule has 0 spiro atoms. The molecule has 2 nitrogen and oxygen atoms in total. The van der Waals surface area contributed by atoms with Gasteiger partial charge >= 0.3 is 0 Å². The molecule has 0 amide bonds. The van der Waals surface area contributed by atoms with Gasteiger partial charge in [0, 0.05) is 25.6 Å². The minimum Gasteiger partial charge on any atom is -0.314 e. The van der Waals surface area contributed by atoms with E-state index in [1.54, 1.807) is 0 Å². The van der Waals surface area contributed by atoms with Gasteiger partial charge < -0.3 is 10.2 Å². The first kappa shape index (κ1) is 11.5. The van der Waals surface area contributed by atoms with Crippen molar-refractivity contribution in [2.75, 3.05) is 27.2 Å². The summed E-state index contributed by atoms with van der Waals surface area (Å²) in [7, 11) is 4.19. The second-order valence-corrected chi connectivity index (χ2v) is 3.19. The largest absolute Gasteiger partial charge is 0.314 e. The Labute approximate surface area is 76.3 Å². The van der Waals surface area contributed by atoms with Crippen molar-refractivity contribution in [2.24, 2.45) is 0 Å². The lowest BCUT2D eigenvalue weighted by molar-refractivity contribution is 0.304. The molecule has 0 heterocycles. The van der Waals surface area contributed by atoms with Crippen molar-refractivity contribution in [3.05, 3.63) is 0 Å². The van der Waals surface area contributed by atoms with Gasteiger partial charge in [0.1, 0.15) is 0 Å². The fourth-order valence-corrected chi connectivity index (χ4v) is 0.769. The van der Waals surface area contributed by atoms with Crippen LogP contribution in [0.15, 0.2) is 0 Å². The van der Waals surface area contributed by atoms with Gasteiger partial charge in [0.2, 0.25) is 0 Å². The van der Waals surface area contributed by atoms with Gasteiger partial charge in [-0.25, -0.2) is 0 Å². The van der Waals surface area contributed by atoms with Gasteiger partial charge in [0.25, 0.3) is 0 Å². The van der Waals surface area contributed by atoms with Crippen LogP contribution in [0.5, 0.6) is 0 Å². The minimum atomic E-state index is 0.597. The van der Waals surface area contributed by atoms with Crippen LogP contribution in [0.25, 0.3) is 0 Å². The zero-order valence-electron chi connectivity index (χ0n) is 8.65. The number of nitrogens with zero attached hydrogens (tertiary/aromatic N) is 1. The lowest BCUT2D eigenvalue weighted by atomic mass is 10.3. The van der Waals surface area contributed by atoms with Crippen LogP contribution >= 0.6 is 0 Å². The molecule has 1 unspecified atom stereocenters.